The quantitative estimate of drug-likeness (QED) is 0.548. The van der Waals surface area contributed by atoms with E-state index in [1.807, 2.05) is 11.8 Å². The Balaban J connectivity index is 2.30. The van der Waals surface area contributed by atoms with Crippen molar-refractivity contribution in [2.45, 2.75) is 52.5 Å². The maximum Gasteiger partial charge on any atom is 0.310 e. The molecule has 0 aromatic heterocycles. The third kappa shape index (κ3) is 6.04. The molecule has 0 aliphatic carbocycles. The molecular formula is C16H30N2O3. The van der Waals surface area contributed by atoms with Crippen molar-refractivity contribution in [1.29, 1.82) is 0 Å². The summed E-state index contributed by atoms with van der Waals surface area (Å²) in [5, 5.41) is 3.04. The van der Waals surface area contributed by atoms with Crippen molar-refractivity contribution in [1.82, 2.24) is 10.2 Å². The maximum absolute atomic E-state index is 12.0. The summed E-state index contributed by atoms with van der Waals surface area (Å²) >= 11 is 0. The van der Waals surface area contributed by atoms with Crippen LogP contribution < -0.4 is 5.32 Å². The molecule has 1 fully saturated rings. The monoisotopic (exact) mass is 298 g/mol. The van der Waals surface area contributed by atoms with Crippen molar-refractivity contribution in [3.63, 3.8) is 0 Å². The van der Waals surface area contributed by atoms with Gasteiger partial charge in [-0.15, -0.1) is 0 Å². The Bertz CT molecular complexity index is 346. The second kappa shape index (κ2) is 9.03. The van der Waals surface area contributed by atoms with Crippen molar-refractivity contribution in [3.8, 4) is 0 Å². The van der Waals surface area contributed by atoms with Crippen LogP contribution in [-0.4, -0.2) is 49.6 Å². The number of amides is 1. The van der Waals surface area contributed by atoms with Crippen LogP contribution in [0.4, 0.5) is 0 Å². The van der Waals surface area contributed by atoms with Gasteiger partial charge in [-0.25, -0.2) is 0 Å². The normalized spacial score (nSPS) is 23.8. The van der Waals surface area contributed by atoms with E-state index in [-0.39, 0.29) is 29.8 Å². The van der Waals surface area contributed by atoms with E-state index in [4.69, 9.17) is 4.74 Å². The first-order valence-electron chi connectivity index (χ1n) is 8.07. The molecule has 3 atom stereocenters. The summed E-state index contributed by atoms with van der Waals surface area (Å²) in [4.78, 5) is 25.7. The lowest BCUT2D eigenvalue weighted by atomic mass is 9.99. The molecule has 0 bridgehead atoms. The molecule has 3 unspecified atom stereocenters. The lowest BCUT2D eigenvalue weighted by Gasteiger charge is -2.18. The molecule has 1 aliphatic rings. The molecule has 1 rings (SSSR count). The van der Waals surface area contributed by atoms with E-state index in [9.17, 15) is 9.59 Å². The smallest absolute Gasteiger partial charge is 0.310 e. The molecule has 21 heavy (non-hydrogen) atoms. The van der Waals surface area contributed by atoms with Crippen LogP contribution in [0.1, 0.15) is 46.5 Å². The highest BCUT2D eigenvalue weighted by Crippen LogP contribution is 2.23. The van der Waals surface area contributed by atoms with Crippen molar-refractivity contribution in [2.75, 3.05) is 26.7 Å². The van der Waals surface area contributed by atoms with Crippen LogP contribution in [0.3, 0.4) is 0 Å². The lowest BCUT2D eigenvalue weighted by Crippen LogP contribution is -2.40. The van der Waals surface area contributed by atoms with Crippen molar-refractivity contribution in [2.24, 2.45) is 11.8 Å². The molecule has 5 nitrogen and oxygen atoms in total. The molecule has 122 valence electrons. The molecule has 0 spiro atoms. The van der Waals surface area contributed by atoms with E-state index in [2.05, 4.69) is 19.2 Å². The maximum atomic E-state index is 12.0. The summed E-state index contributed by atoms with van der Waals surface area (Å²) < 4.78 is 4.81. The first-order chi connectivity index (χ1) is 9.97. The van der Waals surface area contributed by atoms with Gasteiger partial charge in [0.05, 0.1) is 19.6 Å². The van der Waals surface area contributed by atoms with Gasteiger partial charge in [-0.3, -0.25) is 14.5 Å². The average molecular weight is 298 g/mol. The number of ether oxygens (including phenoxy) is 1. The number of nitrogens with zero attached hydrogens (tertiary/aromatic N) is 1. The number of methoxy groups -OCH3 is 1. The van der Waals surface area contributed by atoms with E-state index >= 15 is 0 Å². The molecular weight excluding hydrogens is 268 g/mol. The molecule has 1 N–H and O–H groups in total. The van der Waals surface area contributed by atoms with Gasteiger partial charge in [0, 0.05) is 19.1 Å². The average Bonchev–Trinajstić information content (AvgIpc) is 2.78. The third-order valence-corrected chi connectivity index (χ3v) is 4.21. The minimum Gasteiger partial charge on any atom is -0.469 e. The predicted molar refractivity (Wildman–Crippen MR) is 82.9 cm³/mol. The minimum absolute atomic E-state index is 0.0525. The van der Waals surface area contributed by atoms with Crippen LogP contribution in [0.5, 0.6) is 0 Å². The number of hydrogen-bond donors (Lipinski definition) is 1. The van der Waals surface area contributed by atoms with E-state index in [1.165, 1.54) is 20.0 Å². The minimum atomic E-state index is -0.168. The summed E-state index contributed by atoms with van der Waals surface area (Å²) in [5.74, 6) is 0.0204. The number of carbonyl (C=O) groups is 2. The Morgan fingerprint density at radius 1 is 1.33 bits per heavy atom. The van der Waals surface area contributed by atoms with Crippen LogP contribution in [0.2, 0.25) is 0 Å². The SMILES string of the molecule is CCCCCC(C)NC(=O)CN1CC(C)C(C(=O)OC)C1. The van der Waals surface area contributed by atoms with Gasteiger partial charge < -0.3 is 10.1 Å². The first kappa shape index (κ1) is 18.0. The van der Waals surface area contributed by atoms with Gasteiger partial charge in [-0.05, 0) is 19.3 Å². The Morgan fingerprint density at radius 2 is 2.05 bits per heavy atom. The topological polar surface area (TPSA) is 58.6 Å². The van der Waals surface area contributed by atoms with Gasteiger partial charge >= 0.3 is 5.97 Å². The largest absolute Gasteiger partial charge is 0.469 e. The van der Waals surface area contributed by atoms with Crippen LogP contribution in [-0.2, 0) is 14.3 Å². The fraction of sp³-hybridized carbons (Fsp3) is 0.875. The zero-order valence-corrected chi connectivity index (χ0v) is 13.9. The third-order valence-electron chi connectivity index (χ3n) is 4.21. The molecule has 1 heterocycles. The van der Waals surface area contributed by atoms with Gasteiger partial charge in [-0.2, -0.15) is 0 Å². The highest BCUT2D eigenvalue weighted by Gasteiger charge is 2.36. The van der Waals surface area contributed by atoms with Crippen molar-refractivity contribution >= 4 is 11.9 Å². The summed E-state index contributed by atoms with van der Waals surface area (Å²) in [6.07, 6.45) is 4.59. The molecule has 0 aromatic rings. The van der Waals surface area contributed by atoms with Crippen LogP contribution in [0, 0.1) is 11.8 Å². The number of nitrogens with one attached hydrogen (secondary N) is 1. The second-order valence-electron chi connectivity index (χ2n) is 6.27. The predicted octanol–water partition coefficient (Wildman–Crippen LogP) is 1.81. The van der Waals surface area contributed by atoms with E-state index in [0.29, 0.717) is 13.1 Å². The van der Waals surface area contributed by atoms with E-state index < -0.39 is 0 Å². The van der Waals surface area contributed by atoms with Gasteiger partial charge in [0.2, 0.25) is 5.91 Å². The molecule has 0 aromatic carbocycles. The molecule has 0 radical (unpaired) electrons. The standard InChI is InChI=1S/C16H30N2O3/c1-5-6-7-8-13(3)17-15(19)11-18-9-12(2)14(10-18)16(20)21-4/h12-14H,5-11H2,1-4H3,(H,17,19). The molecule has 0 saturated carbocycles. The van der Waals surface area contributed by atoms with Gasteiger partial charge in [0.25, 0.3) is 0 Å². The Morgan fingerprint density at radius 3 is 2.67 bits per heavy atom. The zero-order valence-electron chi connectivity index (χ0n) is 13.9. The number of esters is 1. The van der Waals surface area contributed by atoms with E-state index in [1.54, 1.807) is 0 Å². The van der Waals surface area contributed by atoms with E-state index in [0.717, 1.165) is 19.4 Å². The summed E-state index contributed by atoms with van der Waals surface area (Å²) in [5.41, 5.74) is 0. The van der Waals surface area contributed by atoms with Crippen LogP contribution in [0.15, 0.2) is 0 Å². The summed E-state index contributed by atoms with van der Waals surface area (Å²) in [6.45, 7) is 8.03. The highest BCUT2D eigenvalue weighted by atomic mass is 16.5. The second-order valence-corrected chi connectivity index (χ2v) is 6.27. The number of hydrogen-bond acceptors (Lipinski definition) is 4. The zero-order chi connectivity index (χ0) is 15.8. The van der Waals surface area contributed by atoms with Gasteiger partial charge in [0.15, 0.2) is 0 Å². The lowest BCUT2D eigenvalue weighted by molar-refractivity contribution is -0.146. The number of carbonyl (C=O) groups excluding carboxylic acids is 2. The Kier molecular flexibility index (Phi) is 7.72. The number of likely N-dealkylation sites (tertiary alicyclic amines) is 1. The molecule has 1 aliphatic heterocycles. The fourth-order valence-corrected chi connectivity index (χ4v) is 2.95. The molecule has 1 saturated heterocycles. The van der Waals surface area contributed by atoms with Crippen LogP contribution >= 0.6 is 0 Å². The summed E-state index contributed by atoms with van der Waals surface area (Å²) in [6, 6.07) is 0.223. The Labute approximate surface area is 128 Å². The van der Waals surface area contributed by atoms with Crippen LogP contribution in [0.25, 0.3) is 0 Å². The molecule has 1 amide bonds. The first-order valence-corrected chi connectivity index (χ1v) is 8.07. The fourth-order valence-electron chi connectivity index (χ4n) is 2.95. The van der Waals surface area contributed by atoms with Gasteiger partial charge in [-0.1, -0.05) is 33.1 Å². The number of unbranched alkanes of at least 4 members (excludes halogenated alkanes) is 2. The molecule has 5 heteroatoms. The highest BCUT2D eigenvalue weighted by molar-refractivity contribution is 5.78. The Hall–Kier alpha value is -1.10. The summed E-state index contributed by atoms with van der Waals surface area (Å²) in [7, 11) is 1.42. The van der Waals surface area contributed by atoms with Crippen molar-refractivity contribution < 1.29 is 14.3 Å². The van der Waals surface area contributed by atoms with Crippen molar-refractivity contribution in [3.05, 3.63) is 0 Å². The number of rotatable bonds is 8. The van der Waals surface area contributed by atoms with Gasteiger partial charge in [0.1, 0.15) is 0 Å².